The molecule has 0 amide bonds. The summed E-state index contributed by atoms with van der Waals surface area (Å²) in [5.41, 5.74) is 10.2. The van der Waals surface area contributed by atoms with Crippen LogP contribution in [0.1, 0.15) is 114 Å². The van der Waals surface area contributed by atoms with Gasteiger partial charge in [-0.05, 0) is 97.4 Å². The van der Waals surface area contributed by atoms with Crippen molar-refractivity contribution in [2.75, 3.05) is 0 Å². The Morgan fingerprint density at radius 3 is 1.52 bits per heavy atom. The average molecular weight is 429 g/mol. The molecule has 2 unspecified atom stereocenters. The molecule has 2 rings (SSSR count). The highest BCUT2D eigenvalue weighted by atomic mass is 16.3. The van der Waals surface area contributed by atoms with E-state index >= 15 is 0 Å². The predicted octanol–water partition coefficient (Wildman–Crippen LogP) is 7.82. The molecule has 0 radical (unpaired) electrons. The maximum Gasteiger partial charge on any atom is 0.0722 e. The highest BCUT2D eigenvalue weighted by Crippen LogP contribution is 2.44. The van der Waals surface area contributed by atoms with Crippen molar-refractivity contribution in [2.24, 2.45) is 11.8 Å². The van der Waals surface area contributed by atoms with E-state index in [4.69, 9.17) is 0 Å². The zero-order valence-corrected chi connectivity index (χ0v) is 21.8. The summed E-state index contributed by atoms with van der Waals surface area (Å²) < 4.78 is 0. The second-order valence-corrected chi connectivity index (χ2v) is 10.7. The molecule has 2 aliphatic rings. The van der Waals surface area contributed by atoms with Crippen LogP contribution in [-0.4, -0.2) is 21.9 Å². The standard InChI is InChI=1S/C29H48O2/c1-18-19(2)23(6)27(22(18)5)26(30)16-14-12-10-11-13-15-17-29(9,31)28-24(7)20(3)21(4)25(28)8/h26-28,30-31H,10-17H2,1-9H3. The third-order valence-electron chi connectivity index (χ3n) is 8.73. The van der Waals surface area contributed by atoms with Gasteiger partial charge in [0, 0.05) is 11.8 Å². The minimum absolute atomic E-state index is 0.187. The molecule has 2 nitrogen and oxygen atoms in total. The van der Waals surface area contributed by atoms with Crippen LogP contribution in [0.4, 0.5) is 0 Å². The Balaban J connectivity index is 1.65. The Bertz CT molecular complexity index is 740. The summed E-state index contributed by atoms with van der Waals surface area (Å²) in [5.74, 6) is 0.423. The maximum atomic E-state index is 11.2. The summed E-state index contributed by atoms with van der Waals surface area (Å²) in [6, 6.07) is 0. The summed E-state index contributed by atoms with van der Waals surface area (Å²) in [6.07, 6.45) is 8.51. The molecule has 0 aromatic rings. The van der Waals surface area contributed by atoms with Gasteiger partial charge in [0.15, 0.2) is 0 Å². The molecule has 0 saturated carbocycles. The van der Waals surface area contributed by atoms with Gasteiger partial charge < -0.3 is 10.2 Å². The molecule has 0 aromatic heterocycles. The van der Waals surface area contributed by atoms with Gasteiger partial charge in [-0.1, -0.05) is 60.8 Å². The first-order valence-corrected chi connectivity index (χ1v) is 12.5. The van der Waals surface area contributed by atoms with Crippen LogP contribution in [0.5, 0.6) is 0 Å². The molecule has 2 heteroatoms. The summed E-state index contributed by atoms with van der Waals surface area (Å²) >= 11 is 0. The molecule has 0 fully saturated rings. The lowest BCUT2D eigenvalue weighted by molar-refractivity contribution is 0.0166. The fourth-order valence-electron chi connectivity index (χ4n) is 6.10. The number of unbranched alkanes of at least 4 members (excludes halogenated alkanes) is 5. The largest absolute Gasteiger partial charge is 0.392 e. The number of allylic oxidation sites excluding steroid dienone is 4. The Labute approximate surface area is 192 Å². The topological polar surface area (TPSA) is 40.5 Å². The molecular weight excluding hydrogens is 380 g/mol. The molecule has 176 valence electrons. The second kappa shape index (κ2) is 10.7. The van der Waals surface area contributed by atoms with E-state index < -0.39 is 5.60 Å². The second-order valence-electron chi connectivity index (χ2n) is 10.7. The van der Waals surface area contributed by atoms with E-state index in [9.17, 15) is 10.2 Å². The Morgan fingerprint density at radius 1 is 0.645 bits per heavy atom. The first-order valence-electron chi connectivity index (χ1n) is 12.5. The zero-order chi connectivity index (χ0) is 23.5. The van der Waals surface area contributed by atoms with Crippen molar-refractivity contribution >= 4 is 0 Å². The summed E-state index contributed by atoms with van der Waals surface area (Å²) in [4.78, 5) is 0. The van der Waals surface area contributed by atoms with Crippen molar-refractivity contribution in [3.8, 4) is 0 Å². The number of rotatable bonds is 11. The van der Waals surface area contributed by atoms with Crippen LogP contribution in [0.2, 0.25) is 0 Å². The highest BCUT2D eigenvalue weighted by molar-refractivity contribution is 5.48. The Kier molecular flexibility index (Phi) is 8.99. The van der Waals surface area contributed by atoms with E-state index in [1.54, 1.807) is 0 Å². The number of aliphatic hydroxyl groups is 2. The van der Waals surface area contributed by atoms with Crippen LogP contribution in [0.3, 0.4) is 0 Å². The van der Waals surface area contributed by atoms with Gasteiger partial charge in [0.25, 0.3) is 0 Å². The minimum atomic E-state index is -0.647. The molecule has 0 heterocycles. The van der Waals surface area contributed by atoms with Gasteiger partial charge >= 0.3 is 0 Å². The van der Waals surface area contributed by atoms with Crippen LogP contribution >= 0.6 is 0 Å². The van der Waals surface area contributed by atoms with Crippen molar-refractivity contribution < 1.29 is 10.2 Å². The first kappa shape index (κ1) is 26.1. The lowest BCUT2D eigenvalue weighted by Crippen LogP contribution is -2.35. The lowest BCUT2D eigenvalue weighted by atomic mass is 9.78. The molecule has 0 saturated heterocycles. The van der Waals surface area contributed by atoms with E-state index in [1.165, 1.54) is 70.3 Å². The van der Waals surface area contributed by atoms with Gasteiger partial charge in [-0.15, -0.1) is 0 Å². The molecule has 2 atom stereocenters. The molecule has 2 N–H and O–H groups in total. The smallest absolute Gasteiger partial charge is 0.0722 e. The average Bonchev–Trinajstić information content (AvgIpc) is 3.03. The third-order valence-corrected chi connectivity index (χ3v) is 8.73. The van der Waals surface area contributed by atoms with E-state index in [0.29, 0.717) is 0 Å². The van der Waals surface area contributed by atoms with Crippen LogP contribution in [0, 0.1) is 11.8 Å². The first-order chi connectivity index (χ1) is 14.4. The SMILES string of the molecule is CC1=C(C)C(C(O)CCCCCCCCC(C)(O)C2C(C)=C(C)C(C)=C2C)C(C)=C1C. The molecule has 0 spiro atoms. The number of hydrogen-bond donors (Lipinski definition) is 2. The van der Waals surface area contributed by atoms with Crippen LogP contribution in [0.15, 0.2) is 44.6 Å². The van der Waals surface area contributed by atoms with Gasteiger partial charge in [0.05, 0.1) is 11.7 Å². The quantitative estimate of drug-likeness (QED) is 0.329. The molecule has 0 bridgehead atoms. The highest BCUT2D eigenvalue weighted by Gasteiger charge is 2.38. The van der Waals surface area contributed by atoms with Crippen molar-refractivity contribution in [2.45, 2.75) is 125 Å². The predicted molar refractivity (Wildman–Crippen MR) is 134 cm³/mol. The van der Waals surface area contributed by atoms with Gasteiger partial charge in [-0.3, -0.25) is 0 Å². The van der Waals surface area contributed by atoms with Crippen LogP contribution in [-0.2, 0) is 0 Å². The number of aliphatic hydroxyl groups excluding tert-OH is 1. The summed E-state index contributed by atoms with van der Waals surface area (Å²) in [5, 5.41) is 21.9. The molecule has 0 aliphatic heterocycles. The molecule has 0 aromatic carbocycles. The Hall–Kier alpha value is -1.12. The Morgan fingerprint density at radius 2 is 1.03 bits per heavy atom. The number of hydrogen-bond acceptors (Lipinski definition) is 2. The molecular formula is C29H48O2. The van der Waals surface area contributed by atoms with Crippen molar-refractivity contribution in [3.05, 3.63) is 44.6 Å². The van der Waals surface area contributed by atoms with E-state index in [0.717, 1.165) is 25.7 Å². The van der Waals surface area contributed by atoms with Gasteiger partial charge in [0.1, 0.15) is 0 Å². The fraction of sp³-hybridized carbons (Fsp3) is 0.724. The van der Waals surface area contributed by atoms with E-state index in [1.807, 2.05) is 6.92 Å². The fourth-order valence-corrected chi connectivity index (χ4v) is 6.10. The summed E-state index contributed by atoms with van der Waals surface area (Å²) in [6.45, 7) is 19.5. The van der Waals surface area contributed by atoms with Gasteiger partial charge in [0.2, 0.25) is 0 Å². The monoisotopic (exact) mass is 428 g/mol. The minimum Gasteiger partial charge on any atom is -0.392 e. The van der Waals surface area contributed by atoms with Crippen molar-refractivity contribution in [1.82, 2.24) is 0 Å². The van der Waals surface area contributed by atoms with E-state index in [2.05, 4.69) is 55.4 Å². The third kappa shape index (κ3) is 5.63. The maximum absolute atomic E-state index is 11.2. The lowest BCUT2D eigenvalue weighted by Gasteiger charge is -2.33. The van der Waals surface area contributed by atoms with Gasteiger partial charge in [-0.2, -0.15) is 0 Å². The summed E-state index contributed by atoms with van der Waals surface area (Å²) in [7, 11) is 0. The van der Waals surface area contributed by atoms with Crippen molar-refractivity contribution in [1.29, 1.82) is 0 Å². The van der Waals surface area contributed by atoms with Crippen LogP contribution < -0.4 is 0 Å². The molecule has 2 aliphatic carbocycles. The zero-order valence-electron chi connectivity index (χ0n) is 21.8. The van der Waals surface area contributed by atoms with Crippen molar-refractivity contribution in [3.63, 3.8) is 0 Å². The van der Waals surface area contributed by atoms with Gasteiger partial charge in [-0.25, -0.2) is 0 Å². The van der Waals surface area contributed by atoms with E-state index in [-0.39, 0.29) is 17.9 Å². The molecule has 31 heavy (non-hydrogen) atoms. The van der Waals surface area contributed by atoms with Crippen LogP contribution in [0.25, 0.3) is 0 Å². The normalized spacial score (nSPS) is 21.8.